The number of hydrogen-bond acceptors (Lipinski definition) is 2. The Bertz CT molecular complexity index is 209. The van der Waals surface area contributed by atoms with Crippen LogP contribution in [0.2, 0.25) is 0 Å². The quantitative estimate of drug-likeness (QED) is 0.746. The second kappa shape index (κ2) is 5.50. The van der Waals surface area contributed by atoms with Gasteiger partial charge in [0.05, 0.1) is 0 Å². The van der Waals surface area contributed by atoms with Gasteiger partial charge in [-0.15, -0.1) is 0 Å². The van der Waals surface area contributed by atoms with Crippen molar-refractivity contribution in [3.63, 3.8) is 0 Å². The summed E-state index contributed by atoms with van der Waals surface area (Å²) >= 11 is 0. The minimum Gasteiger partial charge on any atom is -0.311 e. The molecule has 2 fully saturated rings. The van der Waals surface area contributed by atoms with Gasteiger partial charge >= 0.3 is 0 Å². The summed E-state index contributed by atoms with van der Waals surface area (Å²) in [5, 5.41) is 3.65. The summed E-state index contributed by atoms with van der Waals surface area (Å²) in [6.07, 6.45) is 8.45. The molecule has 16 heavy (non-hydrogen) atoms. The van der Waals surface area contributed by atoms with Gasteiger partial charge in [0.1, 0.15) is 0 Å². The lowest BCUT2D eigenvalue weighted by Crippen LogP contribution is -2.51. The Morgan fingerprint density at radius 3 is 2.69 bits per heavy atom. The van der Waals surface area contributed by atoms with Gasteiger partial charge in [0.15, 0.2) is 0 Å². The highest BCUT2D eigenvalue weighted by Crippen LogP contribution is 2.50. The molecule has 0 amide bonds. The molecule has 0 aromatic heterocycles. The number of hydrogen-bond donors (Lipinski definition) is 1. The third kappa shape index (κ3) is 3.21. The van der Waals surface area contributed by atoms with Crippen molar-refractivity contribution in [2.75, 3.05) is 26.2 Å². The van der Waals surface area contributed by atoms with Gasteiger partial charge < -0.3 is 5.32 Å². The molecule has 1 saturated carbocycles. The lowest BCUT2D eigenvalue weighted by atomic mass is 9.99. The van der Waals surface area contributed by atoms with Crippen LogP contribution in [0, 0.1) is 5.41 Å². The fraction of sp³-hybridized carbons (Fsp3) is 1.00. The minimum absolute atomic E-state index is 0.739. The second-order valence-electron chi connectivity index (χ2n) is 5.92. The monoisotopic (exact) mass is 224 g/mol. The van der Waals surface area contributed by atoms with Crippen molar-refractivity contribution >= 4 is 0 Å². The van der Waals surface area contributed by atoms with Gasteiger partial charge in [0.25, 0.3) is 0 Å². The Morgan fingerprint density at radius 1 is 1.25 bits per heavy atom. The van der Waals surface area contributed by atoms with Crippen molar-refractivity contribution in [3.8, 4) is 0 Å². The van der Waals surface area contributed by atoms with Gasteiger partial charge in [-0.1, -0.05) is 26.7 Å². The predicted octanol–water partition coefficient (Wildman–Crippen LogP) is 2.64. The molecule has 2 rings (SSSR count). The molecule has 2 heteroatoms. The molecule has 2 aliphatic rings. The molecule has 2 nitrogen and oxygen atoms in total. The van der Waals surface area contributed by atoms with Crippen molar-refractivity contribution in [1.82, 2.24) is 10.2 Å². The number of nitrogens with zero attached hydrogens (tertiary/aromatic N) is 1. The van der Waals surface area contributed by atoms with Crippen LogP contribution in [0.5, 0.6) is 0 Å². The van der Waals surface area contributed by atoms with Crippen molar-refractivity contribution in [3.05, 3.63) is 0 Å². The van der Waals surface area contributed by atoms with Crippen LogP contribution in [-0.2, 0) is 0 Å². The predicted molar refractivity (Wildman–Crippen MR) is 69.7 cm³/mol. The molecule has 0 aromatic carbocycles. The molecular formula is C14H28N2. The average Bonchev–Trinajstić information content (AvgIpc) is 2.99. The Morgan fingerprint density at radius 2 is 2.06 bits per heavy atom. The van der Waals surface area contributed by atoms with E-state index in [0.29, 0.717) is 0 Å². The zero-order chi connectivity index (χ0) is 11.4. The second-order valence-corrected chi connectivity index (χ2v) is 5.92. The Hall–Kier alpha value is -0.0800. The van der Waals surface area contributed by atoms with E-state index in [4.69, 9.17) is 0 Å². The third-order valence-corrected chi connectivity index (χ3v) is 4.27. The first-order valence-electron chi connectivity index (χ1n) is 7.24. The first-order chi connectivity index (χ1) is 7.78. The standard InChI is InChI=1S/C14H28N2/c1-3-5-13-11-16(10-9-15-13)12-14(6-4-2)7-8-14/h13,15H,3-12H2,1-2H3. The van der Waals surface area contributed by atoms with Crippen LogP contribution < -0.4 is 5.32 Å². The number of piperazine rings is 1. The third-order valence-electron chi connectivity index (χ3n) is 4.27. The van der Waals surface area contributed by atoms with Crippen LogP contribution in [0.4, 0.5) is 0 Å². The maximum atomic E-state index is 3.65. The summed E-state index contributed by atoms with van der Waals surface area (Å²) in [5.41, 5.74) is 0.739. The van der Waals surface area contributed by atoms with Crippen molar-refractivity contribution in [1.29, 1.82) is 0 Å². The first kappa shape index (κ1) is 12.4. The zero-order valence-corrected chi connectivity index (χ0v) is 11.1. The van der Waals surface area contributed by atoms with Crippen LogP contribution in [-0.4, -0.2) is 37.1 Å². The summed E-state index contributed by atoms with van der Waals surface area (Å²) in [7, 11) is 0. The van der Waals surface area contributed by atoms with Gasteiger partial charge in [0.2, 0.25) is 0 Å². The molecule has 0 radical (unpaired) electrons. The summed E-state index contributed by atoms with van der Waals surface area (Å²) < 4.78 is 0. The van der Waals surface area contributed by atoms with Crippen molar-refractivity contribution < 1.29 is 0 Å². The van der Waals surface area contributed by atoms with Gasteiger partial charge in [0, 0.05) is 32.2 Å². The fourth-order valence-electron chi connectivity index (χ4n) is 3.25. The Kier molecular flexibility index (Phi) is 4.26. The van der Waals surface area contributed by atoms with E-state index in [-0.39, 0.29) is 0 Å². The SMILES string of the molecule is CCCC1CN(CC2(CCC)CC2)CCN1. The summed E-state index contributed by atoms with van der Waals surface area (Å²) in [6, 6.07) is 0.760. The lowest BCUT2D eigenvalue weighted by Gasteiger charge is -2.36. The van der Waals surface area contributed by atoms with Crippen molar-refractivity contribution in [2.24, 2.45) is 5.41 Å². The minimum atomic E-state index is 0.739. The molecule has 0 spiro atoms. The summed E-state index contributed by atoms with van der Waals surface area (Å²) in [4.78, 5) is 2.72. The molecule has 1 N–H and O–H groups in total. The van der Waals surface area contributed by atoms with Crippen LogP contribution in [0.15, 0.2) is 0 Å². The molecule has 1 saturated heterocycles. The van der Waals surface area contributed by atoms with E-state index in [1.807, 2.05) is 0 Å². The topological polar surface area (TPSA) is 15.3 Å². The molecule has 0 bridgehead atoms. The fourth-order valence-corrected chi connectivity index (χ4v) is 3.25. The van der Waals surface area contributed by atoms with E-state index >= 15 is 0 Å². The molecular weight excluding hydrogens is 196 g/mol. The van der Waals surface area contributed by atoms with Crippen LogP contribution >= 0.6 is 0 Å². The molecule has 1 aliphatic carbocycles. The van der Waals surface area contributed by atoms with Crippen LogP contribution in [0.3, 0.4) is 0 Å². The summed E-state index contributed by atoms with van der Waals surface area (Å²) in [5.74, 6) is 0. The van der Waals surface area contributed by atoms with Gasteiger partial charge in [-0.05, 0) is 31.1 Å². The van der Waals surface area contributed by atoms with E-state index in [9.17, 15) is 0 Å². The summed E-state index contributed by atoms with van der Waals surface area (Å²) in [6.45, 7) is 9.76. The van der Waals surface area contributed by atoms with E-state index < -0.39 is 0 Å². The normalized spacial score (nSPS) is 29.2. The largest absolute Gasteiger partial charge is 0.311 e. The number of nitrogens with one attached hydrogen (secondary N) is 1. The Labute approximate surface area is 101 Å². The van der Waals surface area contributed by atoms with E-state index in [0.717, 1.165) is 11.5 Å². The van der Waals surface area contributed by atoms with Crippen LogP contribution in [0.25, 0.3) is 0 Å². The zero-order valence-electron chi connectivity index (χ0n) is 11.1. The van der Waals surface area contributed by atoms with E-state index in [1.54, 1.807) is 0 Å². The highest BCUT2D eigenvalue weighted by atomic mass is 15.2. The van der Waals surface area contributed by atoms with Crippen molar-refractivity contribution in [2.45, 2.75) is 58.4 Å². The molecule has 94 valence electrons. The van der Waals surface area contributed by atoms with Crippen LogP contribution in [0.1, 0.15) is 52.4 Å². The van der Waals surface area contributed by atoms with Gasteiger partial charge in [-0.2, -0.15) is 0 Å². The van der Waals surface area contributed by atoms with Gasteiger partial charge in [-0.25, -0.2) is 0 Å². The number of rotatable bonds is 6. The molecule has 1 heterocycles. The first-order valence-corrected chi connectivity index (χ1v) is 7.24. The van der Waals surface area contributed by atoms with Gasteiger partial charge in [-0.3, -0.25) is 4.90 Å². The van der Waals surface area contributed by atoms with E-state index in [2.05, 4.69) is 24.1 Å². The highest BCUT2D eigenvalue weighted by Gasteiger charge is 2.43. The van der Waals surface area contributed by atoms with E-state index in [1.165, 1.54) is 64.7 Å². The molecule has 1 aliphatic heterocycles. The Balaban J connectivity index is 1.76. The molecule has 1 atom stereocenters. The average molecular weight is 224 g/mol. The maximum absolute atomic E-state index is 3.65. The molecule has 0 aromatic rings. The smallest absolute Gasteiger partial charge is 0.0195 e. The highest BCUT2D eigenvalue weighted by molar-refractivity contribution is 4.96. The molecule has 1 unspecified atom stereocenters. The maximum Gasteiger partial charge on any atom is 0.0195 e. The lowest BCUT2D eigenvalue weighted by molar-refractivity contribution is 0.156.